The molecule has 0 aromatic heterocycles. The average Bonchev–Trinajstić information content (AvgIpc) is 2.17. The van der Waals surface area contributed by atoms with Gasteiger partial charge in [-0.15, -0.1) is 0 Å². The lowest BCUT2D eigenvalue weighted by Gasteiger charge is -2.11. The summed E-state index contributed by atoms with van der Waals surface area (Å²) in [7, 11) is 0. The third kappa shape index (κ3) is 6.86. The molecule has 1 amide bonds. The molecule has 0 aliphatic heterocycles. The topological polar surface area (TPSA) is 75.4 Å². The van der Waals surface area contributed by atoms with Gasteiger partial charge in [0.15, 0.2) is 0 Å². The molecular weight excluding hydrogens is 180 g/mol. The highest BCUT2D eigenvalue weighted by Crippen LogP contribution is 1.96. The van der Waals surface area contributed by atoms with Crippen molar-refractivity contribution in [3.8, 4) is 0 Å². The summed E-state index contributed by atoms with van der Waals surface area (Å²) in [5.74, 6) is -0.0253. The molecule has 0 aromatic carbocycles. The van der Waals surface area contributed by atoms with Gasteiger partial charge in [-0.25, -0.2) is 0 Å². The van der Waals surface area contributed by atoms with Gasteiger partial charge in [-0.3, -0.25) is 4.79 Å². The Morgan fingerprint density at radius 1 is 1.43 bits per heavy atom. The molecule has 0 aliphatic rings. The quantitative estimate of drug-likeness (QED) is 0.559. The molecule has 0 bridgehead atoms. The molecule has 0 rings (SSSR count). The predicted molar refractivity (Wildman–Crippen MR) is 56.8 cm³/mol. The van der Waals surface area contributed by atoms with Gasteiger partial charge >= 0.3 is 0 Å². The van der Waals surface area contributed by atoms with Gasteiger partial charge in [-0.05, 0) is 19.3 Å². The van der Waals surface area contributed by atoms with Crippen molar-refractivity contribution in [1.29, 1.82) is 0 Å². The van der Waals surface area contributed by atoms with Crippen LogP contribution < -0.4 is 11.1 Å². The molecule has 0 spiro atoms. The van der Waals surface area contributed by atoms with Crippen LogP contribution in [0.4, 0.5) is 0 Å². The Bertz CT molecular complexity index is 162. The van der Waals surface area contributed by atoms with Crippen LogP contribution in [0.2, 0.25) is 0 Å². The minimum Gasteiger partial charge on any atom is -0.393 e. The lowest BCUT2D eigenvalue weighted by molar-refractivity contribution is -0.121. The third-order valence-corrected chi connectivity index (χ3v) is 2.24. The van der Waals surface area contributed by atoms with Crippen LogP contribution in [0.3, 0.4) is 0 Å². The second kappa shape index (κ2) is 7.76. The Morgan fingerprint density at radius 2 is 2.07 bits per heavy atom. The van der Waals surface area contributed by atoms with E-state index in [4.69, 9.17) is 5.73 Å². The number of nitrogens with two attached hydrogens (primary N) is 1. The first-order valence-electron chi connectivity index (χ1n) is 5.30. The molecule has 0 saturated carbocycles. The highest BCUT2D eigenvalue weighted by Gasteiger charge is 2.07. The maximum atomic E-state index is 11.2. The molecule has 0 fully saturated rings. The van der Waals surface area contributed by atoms with Crippen LogP contribution in [-0.2, 0) is 4.79 Å². The molecule has 0 radical (unpaired) electrons. The Morgan fingerprint density at radius 3 is 2.57 bits per heavy atom. The van der Waals surface area contributed by atoms with Gasteiger partial charge in [0.25, 0.3) is 0 Å². The number of amides is 1. The minimum atomic E-state index is -0.310. The molecular formula is C10H22N2O2. The van der Waals surface area contributed by atoms with Crippen molar-refractivity contribution in [3.63, 3.8) is 0 Å². The van der Waals surface area contributed by atoms with E-state index in [1.165, 1.54) is 0 Å². The zero-order valence-corrected chi connectivity index (χ0v) is 9.12. The number of hydrogen-bond acceptors (Lipinski definition) is 3. The second-order valence-electron chi connectivity index (χ2n) is 3.57. The van der Waals surface area contributed by atoms with Crippen LogP contribution in [0.1, 0.15) is 39.5 Å². The summed E-state index contributed by atoms with van der Waals surface area (Å²) >= 11 is 0. The number of carbonyl (C=O) groups excluding carboxylic acids is 1. The molecule has 4 heteroatoms. The molecule has 4 N–H and O–H groups in total. The lowest BCUT2D eigenvalue weighted by Crippen LogP contribution is -2.32. The van der Waals surface area contributed by atoms with E-state index in [1.54, 1.807) is 0 Å². The van der Waals surface area contributed by atoms with Crippen LogP contribution in [0.15, 0.2) is 0 Å². The Labute approximate surface area is 85.9 Å². The molecule has 14 heavy (non-hydrogen) atoms. The van der Waals surface area contributed by atoms with Crippen molar-refractivity contribution < 1.29 is 9.90 Å². The molecule has 0 aliphatic carbocycles. The van der Waals surface area contributed by atoms with E-state index in [1.807, 2.05) is 13.8 Å². The largest absolute Gasteiger partial charge is 0.393 e. The number of nitrogens with one attached hydrogen (secondary N) is 1. The first-order chi connectivity index (χ1) is 6.60. The smallest absolute Gasteiger partial charge is 0.221 e. The van der Waals surface area contributed by atoms with Crippen molar-refractivity contribution in [3.05, 3.63) is 0 Å². The van der Waals surface area contributed by atoms with E-state index in [2.05, 4.69) is 5.32 Å². The fourth-order valence-electron chi connectivity index (χ4n) is 1.04. The lowest BCUT2D eigenvalue weighted by atomic mass is 10.1. The zero-order chi connectivity index (χ0) is 11.0. The van der Waals surface area contributed by atoms with Crippen molar-refractivity contribution in [2.75, 3.05) is 6.54 Å². The average molecular weight is 202 g/mol. The third-order valence-electron chi connectivity index (χ3n) is 2.24. The van der Waals surface area contributed by atoms with E-state index >= 15 is 0 Å². The Balaban J connectivity index is 3.44. The fourth-order valence-corrected chi connectivity index (χ4v) is 1.04. The standard InChI is InChI=1S/C10H22N2O2/c1-3-8(11)7-10(14)12-6-5-9(13)4-2/h8-9,13H,3-7,11H2,1-2H3,(H,12,14). The van der Waals surface area contributed by atoms with E-state index < -0.39 is 0 Å². The van der Waals surface area contributed by atoms with Gasteiger partial charge in [-0.2, -0.15) is 0 Å². The summed E-state index contributed by atoms with van der Waals surface area (Å²) in [6.07, 6.45) is 2.22. The number of carbonyl (C=O) groups is 1. The highest BCUT2D eigenvalue weighted by atomic mass is 16.3. The van der Waals surface area contributed by atoms with Crippen molar-refractivity contribution in [1.82, 2.24) is 5.32 Å². The SMILES string of the molecule is CCC(N)CC(=O)NCCC(O)CC. The molecule has 0 saturated heterocycles. The van der Waals surface area contributed by atoms with Crippen molar-refractivity contribution in [2.24, 2.45) is 5.73 Å². The minimum absolute atomic E-state index is 0.0253. The molecule has 84 valence electrons. The van der Waals surface area contributed by atoms with Gasteiger partial charge in [0.1, 0.15) is 0 Å². The van der Waals surface area contributed by atoms with E-state index in [0.29, 0.717) is 19.4 Å². The van der Waals surface area contributed by atoms with Gasteiger partial charge < -0.3 is 16.2 Å². The summed E-state index contributed by atoms with van der Waals surface area (Å²) < 4.78 is 0. The maximum absolute atomic E-state index is 11.2. The van der Waals surface area contributed by atoms with E-state index in [9.17, 15) is 9.90 Å². The maximum Gasteiger partial charge on any atom is 0.221 e. The number of aliphatic hydroxyl groups excluding tert-OH is 1. The van der Waals surface area contributed by atoms with E-state index in [0.717, 1.165) is 12.8 Å². The number of aliphatic hydroxyl groups is 1. The number of rotatable bonds is 7. The van der Waals surface area contributed by atoms with Gasteiger partial charge in [0.2, 0.25) is 5.91 Å². The normalized spacial score (nSPS) is 14.9. The highest BCUT2D eigenvalue weighted by molar-refractivity contribution is 5.76. The van der Waals surface area contributed by atoms with Crippen LogP contribution >= 0.6 is 0 Å². The molecule has 0 heterocycles. The Hall–Kier alpha value is -0.610. The van der Waals surface area contributed by atoms with Crippen molar-refractivity contribution >= 4 is 5.91 Å². The second-order valence-corrected chi connectivity index (χ2v) is 3.57. The predicted octanol–water partition coefficient (Wildman–Crippen LogP) is 0.391. The summed E-state index contributed by atoms with van der Waals surface area (Å²) in [5, 5.41) is 12.0. The molecule has 4 nitrogen and oxygen atoms in total. The first kappa shape index (κ1) is 13.4. The van der Waals surface area contributed by atoms with Crippen molar-refractivity contribution in [2.45, 2.75) is 51.7 Å². The molecule has 2 unspecified atom stereocenters. The summed E-state index contributed by atoms with van der Waals surface area (Å²) in [5.41, 5.74) is 5.62. The van der Waals surface area contributed by atoms with Gasteiger partial charge in [-0.1, -0.05) is 13.8 Å². The number of hydrogen-bond donors (Lipinski definition) is 3. The zero-order valence-electron chi connectivity index (χ0n) is 9.12. The van der Waals surface area contributed by atoms with E-state index in [-0.39, 0.29) is 18.1 Å². The summed E-state index contributed by atoms with van der Waals surface area (Å²) in [4.78, 5) is 11.2. The fraction of sp³-hybridized carbons (Fsp3) is 0.900. The van der Waals surface area contributed by atoms with Crippen LogP contribution in [-0.4, -0.2) is 29.7 Å². The van der Waals surface area contributed by atoms with Crippen LogP contribution in [0, 0.1) is 0 Å². The first-order valence-corrected chi connectivity index (χ1v) is 5.30. The molecule has 2 atom stereocenters. The monoisotopic (exact) mass is 202 g/mol. The van der Waals surface area contributed by atoms with Crippen LogP contribution in [0.25, 0.3) is 0 Å². The van der Waals surface area contributed by atoms with Gasteiger partial charge in [0, 0.05) is 19.0 Å². The molecule has 0 aromatic rings. The van der Waals surface area contributed by atoms with Gasteiger partial charge in [0.05, 0.1) is 6.10 Å². The van der Waals surface area contributed by atoms with Crippen LogP contribution in [0.5, 0.6) is 0 Å². The summed E-state index contributed by atoms with van der Waals surface area (Å²) in [6, 6.07) is -0.0499. The summed E-state index contributed by atoms with van der Waals surface area (Å²) in [6.45, 7) is 4.41. The Kier molecular flexibility index (Phi) is 7.42.